The molecule has 4 rings (SSSR count). The van der Waals surface area contributed by atoms with Crippen LogP contribution in [0.5, 0.6) is 0 Å². The Hall–Kier alpha value is -2.73. The van der Waals surface area contributed by atoms with E-state index in [0.717, 1.165) is 25.3 Å². The molecule has 1 aromatic carbocycles. The number of likely N-dealkylation sites (tertiary alicyclic amines) is 2. The minimum Gasteiger partial charge on any atom is -0.341 e. The number of carbonyl (C=O) groups excluding carboxylic acids is 2. The van der Waals surface area contributed by atoms with Crippen LogP contribution in [0.15, 0.2) is 48.7 Å². The van der Waals surface area contributed by atoms with E-state index in [1.807, 2.05) is 30.1 Å². The highest BCUT2D eigenvalue weighted by Crippen LogP contribution is 2.23. The first kappa shape index (κ1) is 21.5. The SMILES string of the molecule is CN(Cc1ccccc1CN1CCCC1)C(=O)[C@@H]1CCC(=O)N(Cc2ccccn2)C1. The smallest absolute Gasteiger partial charge is 0.227 e. The third-order valence-corrected chi connectivity index (χ3v) is 6.42. The number of nitrogens with zero attached hydrogens (tertiary/aromatic N) is 4. The van der Waals surface area contributed by atoms with E-state index in [9.17, 15) is 9.59 Å². The molecule has 164 valence electrons. The number of hydrogen-bond donors (Lipinski definition) is 0. The average Bonchev–Trinajstić information content (AvgIpc) is 3.30. The van der Waals surface area contributed by atoms with Crippen LogP contribution in [-0.4, -0.2) is 58.2 Å². The first-order chi connectivity index (χ1) is 15.1. The van der Waals surface area contributed by atoms with Crippen molar-refractivity contribution in [3.05, 3.63) is 65.5 Å². The molecule has 0 N–H and O–H groups in total. The van der Waals surface area contributed by atoms with Crippen molar-refractivity contribution < 1.29 is 9.59 Å². The highest BCUT2D eigenvalue weighted by atomic mass is 16.2. The molecule has 0 spiro atoms. The number of amides is 2. The molecule has 2 aliphatic heterocycles. The standard InChI is InChI=1S/C25H32N4O2/c1-27(16-20-8-2-3-9-21(20)17-28-14-6-7-15-28)25(31)22-11-12-24(30)29(18-22)19-23-10-4-5-13-26-23/h2-5,8-10,13,22H,6-7,11-12,14-19H2,1H3/t22-/m1/s1. The van der Waals surface area contributed by atoms with Crippen LogP contribution in [0.2, 0.25) is 0 Å². The summed E-state index contributed by atoms with van der Waals surface area (Å²) in [5.74, 6) is 0.0694. The monoisotopic (exact) mass is 420 g/mol. The zero-order chi connectivity index (χ0) is 21.6. The summed E-state index contributed by atoms with van der Waals surface area (Å²) in [6, 6.07) is 14.2. The van der Waals surface area contributed by atoms with Gasteiger partial charge in [0.2, 0.25) is 11.8 Å². The lowest BCUT2D eigenvalue weighted by Gasteiger charge is -2.34. The number of benzene rings is 1. The highest BCUT2D eigenvalue weighted by molar-refractivity contribution is 5.83. The first-order valence-corrected chi connectivity index (χ1v) is 11.3. The molecule has 2 aliphatic rings. The molecule has 31 heavy (non-hydrogen) atoms. The van der Waals surface area contributed by atoms with Crippen molar-refractivity contribution in [1.82, 2.24) is 19.7 Å². The van der Waals surface area contributed by atoms with E-state index in [4.69, 9.17) is 0 Å². The van der Waals surface area contributed by atoms with Crippen LogP contribution in [0.4, 0.5) is 0 Å². The molecular weight excluding hydrogens is 388 g/mol. The fourth-order valence-electron chi connectivity index (χ4n) is 4.65. The molecule has 1 atom stereocenters. The Balaban J connectivity index is 1.38. The zero-order valence-corrected chi connectivity index (χ0v) is 18.4. The van der Waals surface area contributed by atoms with Gasteiger partial charge in [-0.1, -0.05) is 30.3 Å². The Bertz CT molecular complexity index is 895. The summed E-state index contributed by atoms with van der Waals surface area (Å²) in [5.41, 5.74) is 3.37. The van der Waals surface area contributed by atoms with E-state index >= 15 is 0 Å². The minimum absolute atomic E-state index is 0.105. The Morgan fingerprint density at radius 3 is 2.55 bits per heavy atom. The summed E-state index contributed by atoms with van der Waals surface area (Å²) < 4.78 is 0. The third kappa shape index (κ3) is 5.50. The summed E-state index contributed by atoms with van der Waals surface area (Å²) in [6.45, 7) is 4.80. The van der Waals surface area contributed by atoms with Crippen molar-refractivity contribution >= 4 is 11.8 Å². The van der Waals surface area contributed by atoms with Crippen LogP contribution >= 0.6 is 0 Å². The quantitative estimate of drug-likeness (QED) is 0.691. The molecule has 0 bridgehead atoms. The van der Waals surface area contributed by atoms with Crippen molar-refractivity contribution in [2.75, 3.05) is 26.7 Å². The molecule has 2 saturated heterocycles. The fourth-order valence-corrected chi connectivity index (χ4v) is 4.65. The van der Waals surface area contributed by atoms with E-state index in [1.54, 1.807) is 11.1 Å². The van der Waals surface area contributed by atoms with Crippen LogP contribution in [0.25, 0.3) is 0 Å². The summed E-state index contributed by atoms with van der Waals surface area (Å²) in [7, 11) is 1.88. The molecule has 3 heterocycles. The molecule has 6 nitrogen and oxygen atoms in total. The Kier molecular flexibility index (Phi) is 6.97. The van der Waals surface area contributed by atoms with E-state index < -0.39 is 0 Å². The van der Waals surface area contributed by atoms with Crippen molar-refractivity contribution in [2.45, 2.75) is 45.3 Å². The van der Waals surface area contributed by atoms with Gasteiger partial charge in [-0.2, -0.15) is 0 Å². The molecular formula is C25H32N4O2. The third-order valence-electron chi connectivity index (χ3n) is 6.42. The van der Waals surface area contributed by atoms with Crippen LogP contribution in [0.3, 0.4) is 0 Å². The van der Waals surface area contributed by atoms with Crippen molar-refractivity contribution in [2.24, 2.45) is 5.92 Å². The van der Waals surface area contributed by atoms with Gasteiger partial charge in [0.25, 0.3) is 0 Å². The number of pyridine rings is 1. The van der Waals surface area contributed by atoms with Gasteiger partial charge in [0.15, 0.2) is 0 Å². The van der Waals surface area contributed by atoms with Gasteiger partial charge in [-0.25, -0.2) is 0 Å². The van der Waals surface area contributed by atoms with Crippen molar-refractivity contribution in [3.63, 3.8) is 0 Å². The summed E-state index contributed by atoms with van der Waals surface area (Å²) in [5, 5.41) is 0. The maximum absolute atomic E-state index is 13.2. The number of piperidine rings is 1. The van der Waals surface area contributed by atoms with Crippen molar-refractivity contribution in [3.8, 4) is 0 Å². The Labute approximate surface area is 184 Å². The van der Waals surface area contributed by atoms with Gasteiger partial charge in [0.1, 0.15) is 0 Å². The lowest BCUT2D eigenvalue weighted by molar-refractivity contribution is -0.143. The molecule has 0 unspecified atom stereocenters. The predicted octanol–water partition coefficient (Wildman–Crippen LogP) is 3.07. The predicted molar refractivity (Wildman–Crippen MR) is 120 cm³/mol. The number of hydrogen-bond acceptors (Lipinski definition) is 4. The largest absolute Gasteiger partial charge is 0.341 e. The van der Waals surface area contributed by atoms with Gasteiger partial charge in [-0.3, -0.25) is 19.5 Å². The van der Waals surface area contributed by atoms with Gasteiger partial charge in [-0.15, -0.1) is 0 Å². The molecule has 6 heteroatoms. The van der Waals surface area contributed by atoms with Crippen LogP contribution in [0, 0.1) is 5.92 Å². The van der Waals surface area contributed by atoms with Gasteiger partial charge < -0.3 is 9.80 Å². The van der Waals surface area contributed by atoms with Crippen LogP contribution in [0.1, 0.15) is 42.5 Å². The highest BCUT2D eigenvalue weighted by Gasteiger charge is 2.32. The Morgan fingerprint density at radius 1 is 1.06 bits per heavy atom. The normalized spacial score (nSPS) is 19.6. The lowest BCUT2D eigenvalue weighted by atomic mass is 9.95. The van der Waals surface area contributed by atoms with E-state index in [1.165, 1.54) is 24.0 Å². The molecule has 0 radical (unpaired) electrons. The maximum Gasteiger partial charge on any atom is 0.227 e. The van der Waals surface area contributed by atoms with E-state index in [-0.39, 0.29) is 17.7 Å². The van der Waals surface area contributed by atoms with E-state index in [2.05, 4.69) is 34.1 Å². The second kappa shape index (κ2) is 10.1. The number of carbonyl (C=O) groups is 2. The second-order valence-corrected chi connectivity index (χ2v) is 8.78. The second-order valence-electron chi connectivity index (χ2n) is 8.78. The minimum atomic E-state index is -0.155. The first-order valence-electron chi connectivity index (χ1n) is 11.3. The fraction of sp³-hybridized carbons (Fsp3) is 0.480. The van der Waals surface area contributed by atoms with E-state index in [0.29, 0.717) is 32.5 Å². The summed E-state index contributed by atoms with van der Waals surface area (Å²) >= 11 is 0. The zero-order valence-electron chi connectivity index (χ0n) is 18.4. The maximum atomic E-state index is 13.2. The average molecular weight is 421 g/mol. The van der Waals surface area contributed by atoms with Crippen molar-refractivity contribution in [1.29, 1.82) is 0 Å². The summed E-state index contributed by atoms with van der Waals surface area (Å²) in [4.78, 5) is 36.1. The lowest BCUT2D eigenvalue weighted by Crippen LogP contribution is -2.45. The molecule has 0 saturated carbocycles. The number of aromatic nitrogens is 1. The molecule has 2 amide bonds. The van der Waals surface area contributed by atoms with Crippen LogP contribution < -0.4 is 0 Å². The van der Waals surface area contributed by atoms with Gasteiger partial charge in [-0.05, 0) is 55.6 Å². The number of rotatable bonds is 7. The molecule has 2 aromatic rings. The topological polar surface area (TPSA) is 56.8 Å². The van der Waals surface area contributed by atoms with Crippen LogP contribution in [-0.2, 0) is 29.2 Å². The summed E-state index contributed by atoms with van der Waals surface area (Å²) in [6.07, 6.45) is 5.32. The Morgan fingerprint density at radius 2 is 1.81 bits per heavy atom. The van der Waals surface area contributed by atoms with Gasteiger partial charge in [0, 0.05) is 39.3 Å². The molecule has 2 fully saturated rings. The van der Waals surface area contributed by atoms with Gasteiger partial charge in [0.05, 0.1) is 18.2 Å². The molecule has 1 aromatic heterocycles. The van der Waals surface area contributed by atoms with Gasteiger partial charge >= 0.3 is 0 Å². The molecule has 0 aliphatic carbocycles.